The highest BCUT2D eigenvalue weighted by Crippen LogP contribution is 2.38. The van der Waals surface area contributed by atoms with Gasteiger partial charge in [0.2, 0.25) is 0 Å². The van der Waals surface area contributed by atoms with Crippen LogP contribution in [0.3, 0.4) is 0 Å². The Bertz CT molecular complexity index is 1030. The van der Waals surface area contributed by atoms with E-state index in [0.717, 1.165) is 43.7 Å². The lowest BCUT2D eigenvalue weighted by Gasteiger charge is -2.32. The predicted octanol–water partition coefficient (Wildman–Crippen LogP) is 6.32. The predicted molar refractivity (Wildman–Crippen MR) is 125 cm³/mol. The van der Waals surface area contributed by atoms with Crippen LogP contribution >= 0.6 is 11.6 Å². The average Bonchev–Trinajstić information content (AvgIpc) is 3.09. The van der Waals surface area contributed by atoms with Gasteiger partial charge < -0.3 is 10.1 Å². The highest BCUT2D eigenvalue weighted by molar-refractivity contribution is 6.31. The number of hydrogen-bond donors (Lipinski definition) is 1. The Morgan fingerprint density at radius 3 is 2.36 bits per heavy atom. The number of hydrogen-bond acceptors (Lipinski definition) is 3. The van der Waals surface area contributed by atoms with E-state index >= 15 is 0 Å². The van der Waals surface area contributed by atoms with Gasteiger partial charge in [0.25, 0.3) is 0 Å². The van der Waals surface area contributed by atoms with Gasteiger partial charge in [0.05, 0.1) is 16.6 Å². The third-order valence-corrected chi connectivity index (χ3v) is 6.13. The van der Waals surface area contributed by atoms with Crippen molar-refractivity contribution >= 4 is 11.6 Å². The molecule has 0 aromatic heterocycles. The molecule has 3 aromatic carbocycles. The number of nitrogens with one attached hydrogen (secondary N) is 1. The Morgan fingerprint density at radius 1 is 0.909 bits per heavy atom. The SMILES string of the molecule is FC(F)(F)c1cc(C(c2ccc(OCc3ccccc3)cc2)N2CCCNCC2)ccc1Cl. The fourth-order valence-corrected chi connectivity index (χ4v) is 4.38. The van der Waals surface area contributed by atoms with E-state index in [9.17, 15) is 13.2 Å². The van der Waals surface area contributed by atoms with E-state index in [-0.39, 0.29) is 11.1 Å². The molecule has 1 N–H and O–H groups in total. The first-order valence-electron chi connectivity index (χ1n) is 11.0. The van der Waals surface area contributed by atoms with E-state index in [2.05, 4.69) is 10.2 Å². The van der Waals surface area contributed by atoms with Gasteiger partial charge in [-0.15, -0.1) is 0 Å². The normalized spacial score (nSPS) is 16.2. The first kappa shape index (κ1) is 23.6. The maximum atomic E-state index is 13.6. The van der Waals surface area contributed by atoms with E-state index in [1.807, 2.05) is 54.6 Å². The van der Waals surface area contributed by atoms with Crippen LogP contribution in [0.15, 0.2) is 72.8 Å². The van der Waals surface area contributed by atoms with Crippen molar-refractivity contribution in [3.63, 3.8) is 0 Å². The number of rotatable bonds is 6. The van der Waals surface area contributed by atoms with Gasteiger partial charge >= 0.3 is 6.18 Å². The van der Waals surface area contributed by atoms with Gasteiger partial charge in [-0.2, -0.15) is 13.2 Å². The molecule has 0 spiro atoms. The number of halogens is 4. The quantitative estimate of drug-likeness (QED) is 0.452. The summed E-state index contributed by atoms with van der Waals surface area (Å²) in [5.41, 5.74) is 1.76. The van der Waals surface area contributed by atoms with Crippen molar-refractivity contribution in [2.45, 2.75) is 25.2 Å². The number of benzene rings is 3. The van der Waals surface area contributed by atoms with E-state index in [4.69, 9.17) is 16.3 Å². The highest BCUT2D eigenvalue weighted by Gasteiger charge is 2.34. The molecule has 1 heterocycles. The van der Waals surface area contributed by atoms with Crippen LogP contribution in [-0.2, 0) is 12.8 Å². The molecule has 7 heteroatoms. The second-order valence-corrected chi connectivity index (χ2v) is 8.53. The Balaban J connectivity index is 1.62. The maximum absolute atomic E-state index is 13.6. The molecule has 1 aliphatic heterocycles. The molecule has 4 rings (SSSR count). The van der Waals surface area contributed by atoms with Crippen molar-refractivity contribution in [2.24, 2.45) is 0 Å². The molecule has 33 heavy (non-hydrogen) atoms. The summed E-state index contributed by atoms with van der Waals surface area (Å²) in [6, 6.07) is 21.4. The number of alkyl halides is 3. The molecule has 1 aliphatic rings. The van der Waals surface area contributed by atoms with Crippen molar-refractivity contribution in [3.8, 4) is 5.75 Å². The van der Waals surface area contributed by atoms with Crippen LogP contribution in [0, 0.1) is 0 Å². The molecule has 0 saturated carbocycles. The third-order valence-electron chi connectivity index (χ3n) is 5.80. The first-order valence-corrected chi connectivity index (χ1v) is 11.4. The molecular formula is C26H26ClF3N2O. The zero-order chi connectivity index (χ0) is 23.3. The van der Waals surface area contributed by atoms with Crippen LogP contribution in [0.5, 0.6) is 5.75 Å². The molecule has 3 nitrogen and oxygen atoms in total. The summed E-state index contributed by atoms with van der Waals surface area (Å²) >= 11 is 5.89. The molecule has 1 unspecified atom stereocenters. The second-order valence-electron chi connectivity index (χ2n) is 8.12. The van der Waals surface area contributed by atoms with Crippen molar-refractivity contribution < 1.29 is 17.9 Å². The van der Waals surface area contributed by atoms with Crippen LogP contribution in [0.1, 0.15) is 34.7 Å². The van der Waals surface area contributed by atoms with Crippen molar-refractivity contribution in [3.05, 3.63) is 100 Å². The molecular weight excluding hydrogens is 449 g/mol. The number of ether oxygens (including phenoxy) is 1. The van der Waals surface area contributed by atoms with Gasteiger partial charge in [0.1, 0.15) is 12.4 Å². The van der Waals surface area contributed by atoms with Crippen LogP contribution in [0.4, 0.5) is 13.2 Å². The van der Waals surface area contributed by atoms with Crippen LogP contribution in [0.2, 0.25) is 5.02 Å². The van der Waals surface area contributed by atoms with Crippen molar-refractivity contribution in [2.75, 3.05) is 26.2 Å². The van der Waals surface area contributed by atoms with Gasteiger partial charge in [0, 0.05) is 19.6 Å². The van der Waals surface area contributed by atoms with Crippen molar-refractivity contribution in [1.29, 1.82) is 0 Å². The van der Waals surface area contributed by atoms with E-state index < -0.39 is 11.7 Å². The smallest absolute Gasteiger partial charge is 0.417 e. The Hall–Kier alpha value is -2.54. The van der Waals surface area contributed by atoms with E-state index in [0.29, 0.717) is 17.9 Å². The Labute approximate surface area is 197 Å². The van der Waals surface area contributed by atoms with Gasteiger partial charge in [0.15, 0.2) is 0 Å². The topological polar surface area (TPSA) is 24.5 Å². The fourth-order valence-electron chi connectivity index (χ4n) is 4.16. The summed E-state index contributed by atoms with van der Waals surface area (Å²) < 4.78 is 46.6. The summed E-state index contributed by atoms with van der Waals surface area (Å²) in [6.07, 6.45) is -3.58. The number of nitrogens with zero attached hydrogens (tertiary/aromatic N) is 1. The lowest BCUT2D eigenvalue weighted by atomic mass is 9.95. The van der Waals surface area contributed by atoms with Crippen molar-refractivity contribution in [1.82, 2.24) is 10.2 Å². The van der Waals surface area contributed by atoms with Crippen LogP contribution in [0.25, 0.3) is 0 Å². The molecule has 3 aromatic rings. The monoisotopic (exact) mass is 474 g/mol. The lowest BCUT2D eigenvalue weighted by Crippen LogP contribution is -2.33. The van der Waals surface area contributed by atoms with E-state index in [1.54, 1.807) is 6.07 Å². The van der Waals surface area contributed by atoms with Crippen LogP contribution in [-0.4, -0.2) is 31.1 Å². The molecule has 0 amide bonds. The lowest BCUT2D eigenvalue weighted by molar-refractivity contribution is -0.137. The third kappa shape index (κ3) is 6.08. The minimum absolute atomic E-state index is 0.285. The summed E-state index contributed by atoms with van der Waals surface area (Å²) in [4.78, 5) is 2.23. The van der Waals surface area contributed by atoms with Crippen LogP contribution < -0.4 is 10.1 Å². The standard InChI is InChI=1S/C26H26ClF3N2O/c27-24-12-9-21(17-23(24)26(28,29)30)25(32-15-4-13-31-14-16-32)20-7-10-22(11-8-20)33-18-19-5-2-1-3-6-19/h1-3,5-12,17,25,31H,4,13-16,18H2. The molecule has 0 bridgehead atoms. The van der Waals surface area contributed by atoms with Gasteiger partial charge in [-0.25, -0.2) is 0 Å². The second kappa shape index (κ2) is 10.6. The molecule has 1 fully saturated rings. The van der Waals surface area contributed by atoms with Gasteiger partial charge in [-0.3, -0.25) is 4.90 Å². The molecule has 1 atom stereocenters. The minimum atomic E-state index is -4.51. The first-order chi connectivity index (χ1) is 15.9. The maximum Gasteiger partial charge on any atom is 0.417 e. The molecule has 0 aliphatic carbocycles. The summed E-state index contributed by atoms with van der Waals surface area (Å²) in [7, 11) is 0. The summed E-state index contributed by atoms with van der Waals surface area (Å²) in [5, 5.41) is 3.07. The van der Waals surface area contributed by atoms with Gasteiger partial charge in [-0.1, -0.05) is 60.1 Å². The zero-order valence-corrected chi connectivity index (χ0v) is 18.9. The summed E-state index contributed by atoms with van der Waals surface area (Å²) in [6.45, 7) is 3.65. The average molecular weight is 475 g/mol. The largest absolute Gasteiger partial charge is 0.489 e. The Kier molecular flexibility index (Phi) is 7.58. The van der Waals surface area contributed by atoms with E-state index in [1.165, 1.54) is 12.1 Å². The fraction of sp³-hybridized carbons (Fsp3) is 0.308. The molecule has 1 saturated heterocycles. The zero-order valence-electron chi connectivity index (χ0n) is 18.1. The molecule has 0 radical (unpaired) electrons. The van der Waals surface area contributed by atoms with Gasteiger partial charge in [-0.05, 0) is 53.9 Å². The highest BCUT2D eigenvalue weighted by atomic mass is 35.5. The summed E-state index contributed by atoms with van der Waals surface area (Å²) in [5.74, 6) is 0.714. The minimum Gasteiger partial charge on any atom is -0.489 e. The molecule has 174 valence electrons. The Morgan fingerprint density at radius 2 is 1.64 bits per heavy atom.